The summed E-state index contributed by atoms with van der Waals surface area (Å²) in [5.74, 6) is 0.0602. The lowest BCUT2D eigenvalue weighted by molar-refractivity contribution is 0.160. The quantitative estimate of drug-likeness (QED) is 0.509. The lowest BCUT2D eigenvalue weighted by atomic mass is 9.75. The summed E-state index contributed by atoms with van der Waals surface area (Å²) in [5, 5.41) is 32.2. The number of nitriles is 2. The van der Waals surface area contributed by atoms with Crippen LogP contribution in [0.2, 0.25) is 0 Å². The van der Waals surface area contributed by atoms with Crippen molar-refractivity contribution in [2.75, 3.05) is 0 Å². The van der Waals surface area contributed by atoms with E-state index >= 15 is 0 Å². The van der Waals surface area contributed by atoms with E-state index in [9.17, 15) is 10.5 Å². The van der Waals surface area contributed by atoms with Gasteiger partial charge in [-0.1, -0.05) is 0 Å². The molecule has 0 unspecified atom stereocenters. The summed E-state index contributed by atoms with van der Waals surface area (Å²) >= 11 is 0. The van der Waals surface area contributed by atoms with Crippen molar-refractivity contribution in [2.24, 2.45) is 13.0 Å². The van der Waals surface area contributed by atoms with Crippen molar-refractivity contribution in [1.29, 1.82) is 10.5 Å². The van der Waals surface area contributed by atoms with Gasteiger partial charge in [0, 0.05) is 30.9 Å². The van der Waals surface area contributed by atoms with Gasteiger partial charge in [0.25, 0.3) is 0 Å². The van der Waals surface area contributed by atoms with Crippen molar-refractivity contribution in [3.05, 3.63) is 43.1 Å². The Kier molecular flexibility index (Phi) is 4.52. The summed E-state index contributed by atoms with van der Waals surface area (Å²) in [7, 11) is 1.87. The zero-order chi connectivity index (χ0) is 21.4. The van der Waals surface area contributed by atoms with E-state index in [0.29, 0.717) is 6.42 Å². The Morgan fingerprint density at radius 1 is 1.13 bits per heavy atom. The Morgan fingerprint density at radius 2 is 1.97 bits per heavy atom. The third kappa shape index (κ3) is 3.24. The molecule has 0 spiro atoms. The minimum absolute atomic E-state index is 0.0602. The number of fused-ring (bicyclic) bond motifs is 1. The molecule has 0 bridgehead atoms. The molecule has 0 atom stereocenters. The molecule has 9 heteroatoms. The maximum absolute atomic E-state index is 9.48. The molecule has 154 valence electrons. The van der Waals surface area contributed by atoms with Crippen molar-refractivity contribution in [3.63, 3.8) is 0 Å². The van der Waals surface area contributed by atoms with Crippen LogP contribution >= 0.6 is 0 Å². The van der Waals surface area contributed by atoms with E-state index in [-0.39, 0.29) is 11.5 Å². The van der Waals surface area contributed by atoms with Crippen LogP contribution in [0.4, 0.5) is 0 Å². The van der Waals surface area contributed by atoms with Gasteiger partial charge >= 0.3 is 0 Å². The van der Waals surface area contributed by atoms with Crippen LogP contribution in [0.15, 0.2) is 43.1 Å². The van der Waals surface area contributed by atoms with E-state index in [2.05, 4.69) is 27.4 Å². The van der Waals surface area contributed by atoms with Crippen molar-refractivity contribution in [1.82, 2.24) is 34.2 Å². The Labute approximate surface area is 179 Å². The number of rotatable bonds is 4. The lowest BCUT2D eigenvalue weighted by Gasteiger charge is -2.37. The maximum atomic E-state index is 9.48. The van der Waals surface area contributed by atoms with Crippen molar-refractivity contribution in [2.45, 2.75) is 37.6 Å². The van der Waals surface area contributed by atoms with Gasteiger partial charge in [0.2, 0.25) is 0 Å². The van der Waals surface area contributed by atoms with Crippen LogP contribution in [0.25, 0.3) is 28.2 Å². The summed E-state index contributed by atoms with van der Waals surface area (Å²) in [6.07, 6.45) is 12.7. The first-order chi connectivity index (χ1) is 15.1. The normalized spacial score (nSPS) is 21.1. The maximum Gasteiger partial charge on any atom is 0.112 e. The number of nitrogens with zero attached hydrogens (tertiary/aromatic N) is 9. The number of aromatic nitrogens is 7. The standard InChI is InChI=1S/C22H21N9/c1-29-11-5-18(28-29)19-15-30-20(4-10-25-30)21(27-19)17-13-26-31(14-17)22(8-9-23)6-2-16(12-24)3-7-22/h4-5,10-11,13-16H,2-3,6-8H2,1H3. The van der Waals surface area contributed by atoms with E-state index < -0.39 is 0 Å². The summed E-state index contributed by atoms with van der Waals surface area (Å²) in [6, 6.07) is 8.54. The summed E-state index contributed by atoms with van der Waals surface area (Å²) < 4.78 is 5.46. The Morgan fingerprint density at radius 3 is 2.68 bits per heavy atom. The highest BCUT2D eigenvalue weighted by Crippen LogP contribution is 2.40. The second-order valence-corrected chi connectivity index (χ2v) is 8.15. The second kappa shape index (κ2) is 7.37. The lowest BCUT2D eigenvalue weighted by Crippen LogP contribution is -2.37. The molecule has 4 aromatic rings. The molecule has 0 aliphatic heterocycles. The Bertz CT molecular complexity index is 1320. The molecular formula is C22H21N9. The topological polar surface area (TPSA) is 113 Å². The van der Waals surface area contributed by atoms with Crippen LogP contribution < -0.4 is 0 Å². The average molecular weight is 411 g/mol. The fourth-order valence-electron chi connectivity index (χ4n) is 4.44. The van der Waals surface area contributed by atoms with Crippen LogP contribution in [0.3, 0.4) is 0 Å². The van der Waals surface area contributed by atoms with Gasteiger partial charge in [0.1, 0.15) is 11.4 Å². The summed E-state index contributed by atoms with van der Waals surface area (Å²) in [5.41, 5.74) is 3.62. The predicted octanol–water partition coefficient (Wildman–Crippen LogP) is 3.32. The molecule has 31 heavy (non-hydrogen) atoms. The zero-order valence-electron chi connectivity index (χ0n) is 17.2. The van der Waals surface area contributed by atoms with E-state index in [0.717, 1.165) is 53.8 Å². The molecule has 1 aliphatic rings. The molecule has 5 rings (SSSR count). The number of aryl methyl sites for hydroxylation is 1. The van der Waals surface area contributed by atoms with Crippen LogP contribution in [-0.4, -0.2) is 34.2 Å². The molecule has 0 radical (unpaired) electrons. The molecule has 0 amide bonds. The Hall–Kier alpha value is -3.98. The minimum atomic E-state index is -0.379. The van der Waals surface area contributed by atoms with Gasteiger partial charge < -0.3 is 0 Å². The molecule has 0 aromatic carbocycles. The zero-order valence-corrected chi connectivity index (χ0v) is 17.2. The largest absolute Gasteiger partial charge is 0.275 e. The van der Waals surface area contributed by atoms with Gasteiger partial charge in [-0.3, -0.25) is 9.36 Å². The third-order valence-electron chi connectivity index (χ3n) is 6.21. The first-order valence-corrected chi connectivity index (χ1v) is 10.3. The molecule has 9 nitrogen and oxygen atoms in total. The molecule has 1 fully saturated rings. The average Bonchev–Trinajstić information content (AvgIpc) is 3.54. The van der Waals surface area contributed by atoms with Crippen molar-refractivity contribution < 1.29 is 0 Å². The molecule has 4 heterocycles. The molecule has 0 N–H and O–H groups in total. The van der Waals surface area contributed by atoms with Crippen LogP contribution in [-0.2, 0) is 12.6 Å². The van der Waals surface area contributed by atoms with Gasteiger partial charge in [0.05, 0.1) is 53.9 Å². The van der Waals surface area contributed by atoms with E-state index in [1.54, 1.807) is 21.6 Å². The summed E-state index contributed by atoms with van der Waals surface area (Å²) in [6.45, 7) is 0. The fraction of sp³-hybridized carbons (Fsp3) is 0.364. The van der Waals surface area contributed by atoms with E-state index in [4.69, 9.17) is 4.98 Å². The summed E-state index contributed by atoms with van der Waals surface area (Å²) in [4.78, 5) is 4.88. The molecule has 1 saturated carbocycles. The van der Waals surface area contributed by atoms with Crippen molar-refractivity contribution in [3.8, 4) is 34.8 Å². The van der Waals surface area contributed by atoms with Gasteiger partial charge in [-0.15, -0.1) is 0 Å². The SMILES string of the molecule is Cn1ccc(-c2cn3nccc3c(-c3cnn(C4(CC#N)CCC(C#N)CC4)c3)n2)n1. The highest BCUT2D eigenvalue weighted by molar-refractivity contribution is 5.77. The molecule has 1 aliphatic carbocycles. The molecule has 4 aromatic heterocycles. The van der Waals surface area contributed by atoms with Gasteiger partial charge in [-0.25, -0.2) is 9.50 Å². The molecular weight excluding hydrogens is 390 g/mol. The Balaban J connectivity index is 1.57. The molecule has 0 saturated heterocycles. The number of hydrogen-bond acceptors (Lipinski definition) is 6. The van der Waals surface area contributed by atoms with Gasteiger partial charge in [-0.2, -0.15) is 25.8 Å². The predicted molar refractivity (Wildman–Crippen MR) is 112 cm³/mol. The highest BCUT2D eigenvalue weighted by atomic mass is 15.3. The van der Waals surface area contributed by atoms with Crippen LogP contribution in [0.5, 0.6) is 0 Å². The third-order valence-corrected chi connectivity index (χ3v) is 6.21. The first kappa shape index (κ1) is 19.0. The number of hydrogen-bond donors (Lipinski definition) is 0. The van der Waals surface area contributed by atoms with Crippen molar-refractivity contribution >= 4 is 5.52 Å². The monoisotopic (exact) mass is 411 g/mol. The highest BCUT2D eigenvalue weighted by Gasteiger charge is 2.38. The second-order valence-electron chi connectivity index (χ2n) is 8.15. The van der Waals surface area contributed by atoms with Crippen LogP contribution in [0, 0.1) is 28.6 Å². The smallest absolute Gasteiger partial charge is 0.112 e. The minimum Gasteiger partial charge on any atom is -0.275 e. The van der Waals surface area contributed by atoms with Crippen LogP contribution in [0.1, 0.15) is 32.1 Å². The fourth-order valence-corrected chi connectivity index (χ4v) is 4.44. The van der Waals surface area contributed by atoms with E-state index in [1.165, 1.54) is 0 Å². The van der Waals surface area contributed by atoms with E-state index in [1.807, 2.05) is 42.5 Å². The van der Waals surface area contributed by atoms with Gasteiger partial charge in [0.15, 0.2) is 0 Å². The van der Waals surface area contributed by atoms with Gasteiger partial charge in [-0.05, 0) is 37.8 Å². The first-order valence-electron chi connectivity index (χ1n) is 10.3.